The monoisotopic (exact) mass is 344 g/mol. The number of halogens is 2. The van der Waals surface area contributed by atoms with Crippen LogP contribution in [0.5, 0.6) is 0 Å². The Labute approximate surface area is 110 Å². The Balaban J connectivity index is 2.10. The summed E-state index contributed by atoms with van der Waals surface area (Å²) in [6.45, 7) is 0.644. The van der Waals surface area contributed by atoms with Crippen molar-refractivity contribution in [3.63, 3.8) is 0 Å². The molecule has 2 aromatic rings. The Bertz CT molecular complexity index is 495. The average molecular weight is 346 g/mol. The molecule has 0 spiro atoms. The first kappa shape index (κ1) is 11.6. The molecule has 0 saturated heterocycles. The average Bonchev–Trinajstić information content (AvgIpc) is 2.66. The predicted molar refractivity (Wildman–Crippen MR) is 70.2 cm³/mol. The van der Waals surface area contributed by atoms with Crippen molar-refractivity contribution in [3.05, 3.63) is 39.3 Å². The zero-order valence-corrected chi connectivity index (χ0v) is 11.8. The highest BCUT2D eigenvalue weighted by atomic mass is 79.9. The molecule has 2 rings (SSSR count). The molecule has 1 aromatic carbocycles. The minimum atomic E-state index is 0.644. The van der Waals surface area contributed by atoms with Crippen LogP contribution in [0.4, 0.5) is 5.69 Å². The molecule has 1 N–H and O–H groups in total. The van der Waals surface area contributed by atoms with Gasteiger partial charge < -0.3 is 5.32 Å². The van der Waals surface area contributed by atoms with Crippen LogP contribution >= 0.6 is 31.9 Å². The molecule has 0 amide bonds. The van der Waals surface area contributed by atoms with E-state index in [2.05, 4.69) is 47.3 Å². The van der Waals surface area contributed by atoms with Gasteiger partial charge in [-0.3, -0.25) is 4.68 Å². The van der Waals surface area contributed by atoms with Crippen molar-refractivity contribution in [3.8, 4) is 0 Å². The summed E-state index contributed by atoms with van der Waals surface area (Å²) in [7, 11) is 1.87. The highest BCUT2D eigenvalue weighted by molar-refractivity contribution is 9.11. The molecule has 0 unspecified atom stereocenters. The molecule has 1 heterocycles. The van der Waals surface area contributed by atoms with Crippen LogP contribution in [-0.4, -0.2) is 14.8 Å². The molecule has 0 bridgehead atoms. The van der Waals surface area contributed by atoms with Crippen LogP contribution in [0.15, 0.2) is 33.5 Å². The van der Waals surface area contributed by atoms with Gasteiger partial charge >= 0.3 is 0 Å². The number of nitrogens with one attached hydrogen (secondary N) is 1. The Morgan fingerprint density at radius 1 is 1.38 bits per heavy atom. The Morgan fingerprint density at radius 3 is 2.88 bits per heavy atom. The molecule has 0 fully saturated rings. The molecule has 84 valence electrons. The lowest BCUT2D eigenvalue weighted by molar-refractivity contribution is 0.712. The lowest BCUT2D eigenvalue weighted by Crippen LogP contribution is -2.07. The summed E-state index contributed by atoms with van der Waals surface area (Å²) >= 11 is 6.92. The molecule has 0 aliphatic heterocycles. The van der Waals surface area contributed by atoms with Crippen molar-refractivity contribution >= 4 is 37.5 Å². The van der Waals surface area contributed by atoms with Gasteiger partial charge in [0.05, 0.1) is 6.54 Å². The quantitative estimate of drug-likeness (QED) is 0.930. The van der Waals surface area contributed by atoms with Gasteiger partial charge in [-0.1, -0.05) is 15.9 Å². The molecular formula is C10H10Br2N4. The molecule has 1 aromatic heterocycles. The first-order valence-corrected chi connectivity index (χ1v) is 6.27. The molecule has 0 saturated carbocycles. The highest BCUT2D eigenvalue weighted by Crippen LogP contribution is 2.26. The van der Waals surface area contributed by atoms with E-state index in [-0.39, 0.29) is 0 Å². The van der Waals surface area contributed by atoms with Gasteiger partial charge in [-0.05, 0) is 34.1 Å². The van der Waals surface area contributed by atoms with Crippen molar-refractivity contribution in [2.75, 3.05) is 5.32 Å². The van der Waals surface area contributed by atoms with Gasteiger partial charge in [-0.15, -0.1) is 0 Å². The second kappa shape index (κ2) is 4.97. The van der Waals surface area contributed by atoms with Crippen LogP contribution in [0.3, 0.4) is 0 Å². The minimum absolute atomic E-state index is 0.644. The molecule has 0 radical (unpaired) electrons. The second-order valence-electron chi connectivity index (χ2n) is 3.28. The standard InChI is InChI=1S/C10H10Br2N4/c1-16-10(14-6-15-16)5-13-9-4-7(11)2-3-8(9)12/h2-4,6,13H,5H2,1H3. The van der Waals surface area contributed by atoms with Gasteiger partial charge in [0.1, 0.15) is 12.2 Å². The van der Waals surface area contributed by atoms with Crippen molar-refractivity contribution < 1.29 is 0 Å². The number of aromatic nitrogens is 3. The van der Waals surface area contributed by atoms with E-state index in [1.807, 2.05) is 25.2 Å². The van der Waals surface area contributed by atoms with Gasteiger partial charge in [-0.25, -0.2) is 4.98 Å². The van der Waals surface area contributed by atoms with Gasteiger partial charge in [0.2, 0.25) is 0 Å². The first-order chi connectivity index (χ1) is 7.66. The van der Waals surface area contributed by atoms with E-state index in [0.717, 1.165) is 20.5 Å². The number of nitrogens with zero attached hydrogens (tertiary/aromatic N) is 3. The van der Waals surface area contributed by atoms with Crippen molar-refractivity contribution in [1.82, 2.24) is 14.8 Å². The van der Waals surface area contributed by atoms with E-state index in [9.17, 15) is 0 Å². The maximum atomic E-state index is 4.15. The zero-order chi connectivity index (χ0) is 11.5. The predicted octanol–water partition coefficient (Wildman–Crippen LogP) is 2.95. The SMILES string of the molecule is Cn1ncnc1CNc1cc(Br)ccc1Br. The zero-order valence-electron chi connectivity index (χ0n) is 8.61. The molecule has 16 heavy (non-hydrogen) atoms. The Kier molecular flexibility index (Phi) is 3.60. The van der Waals surface area contributed by atoms with Gasteiger partial charge in [0.15, 0.2) is 0 Å². The molecule has 6 heteroatoms. The lowest BCUT2D eigenvalue weighted by Gasteiger charge is -2.08. The molecule has 0 atom stereocenters. The summed E-state index contributed by atoms with van der Waals surface area (Å²) in [6, 6.07) is 5.99. The second-order valence-corrected chi connectivity index (χ2v) is 5.05. The third-order valence-electron chi connectivity index (χ3n) is 2.17. The van der Waals surface area contributed by atoms with E-state index >= 15 is 0 Å². The van der Waals surface area contributed by atoms with Crippen LogP contribution in [0.2, 0.25) is 0 Å². The van der Waals surface area contributed by atoms with Crippen molar-refractivity contribution in [2.45, 2.75) is 6.54 Å². The topological polar surface area (TPSA) is 42.7 Å². The van der Waals surface area contributed by atoms with E-state index in [1.54, 1.807) is 11.0 Å². The van der Waals surface area contributed by atoms with Gasteiger partial charge in [0.25, 0.3) is 0 Å². The van der Waals surface area contributed by atoms with E-state index in [1.165, 1.54) is 0 Å². The minimum Gasteiger partial charge on any atom is -0.377 e. The number of benzene rings is 1. The maximum absolute atomic E-state index is 4.15. The molecular weight excluding hydrogens is 336 g/mol. The maximum Gasteiger partial charge on any atom is 0.145 e. The van der Waals surface area contributed by atoms with Crippen LogP contribution in [0, 0.1) is 0 Å². The normalized spacial score (nSPS) is 10.4. The number of hydrogen-bond donors (Lipinski definition) is 1. The summed E-state index contributed by atoms with van der Waals surface area (Å²) in [5, 5.41) is 7.31. The van der Waals surface area contributed by atoms with E-state index < -0.39 is 0 Å². The number of aryl methyl sites for hydroxylation is 1. The number of anilines is 1. The van der Waals surface area contributed by atoms with Gasteiger partial charge in [-0.2, -0.15) is 5.10 Å². The largest absolute Gasteiger partial charge is 0.377 e. The van der Waals surface area contributed by atoms with Crippen molar-refractivity contribution in [1.29, 1.82) is 0 Å². The molecule has 0 aliphatic rings. The summed E-state index contributed by atoms with van der Waals surface area (Å²) in [5.74, 6) is 0.895. The third-order valence-corrected chi connectivity index (χ3v) is 3.36. The first-order valence-electron chi connectivity index (χ1n) is 4.68. The number of hydrogen-bond acceptors (Lipinski definition) is 3. The van der Waals surface area contributed by atoms with Crippen LogP contribution in [-0.2, 0) is 13.6 Å². The summed E-state index contributed by atoms with van der Waals surface area (Å²) in [4.78, 5) is 4.15. The van der Waals surface area contributed by atoms with Crippen LogP contribution in [0.1, 0.15) is 5.82 Å². The number of rotatable bonds is 3. The summed E-state index contributed by atoms with van der Waals surface area (Å²) in [6.07, 6.45) is 1.55. The Morgan fingerprint density at radius 2 is 2.19 bits per heavy atom. The third kappa shape index (κ3) is 2.62. The van der Waals surface area contributed by atoms with Crippen molar-refractivity contribution in [2.24, 2.45) is 7.05 Å². The van der Waals surface area contributed by atoms with E-state index in [0.29, 0.717) is 6.54 Å². The fourth-order valence-electron chi connectivity index (χ4n) is 1.29. The fraction of sp³-hybridized carbons (Fsp3) is 0.200. The summed E-state index contributed by atoms with van der Waals surface area (Å²) in [5.41, 5.74) is 1.03. The van der Waals surface area contributed by atoms with Gasteiger partial charge in [0, 0.05) is 21.7 Å². The smallest absolute Gasteiger partial charge is 0.145 e. The highest BCUT2D eigenvalue weighted by Gasteiger charge is 2.03. The molecule has 4 nitrogen and oxygen atoms in total. The van der Waals surface area contributed by atoms with Crippen LogP contribution in [0.25, 0.3) is 0 Å². The Hall–Kier alpha value is -0.880. The summed E-state index contributed by atoms with van der Waals surface area (Å²) < 4.78 is 3.81. The van der Waals surface area contributed by atoms with E-state index in [4.69, 9.17) is 0 Å². The lowest BCUT2D eigenvalue weighted by atomic mass is 10.3. The molecule has 0 aliphatic carbocycles. The fourth-order valence-corrected chi connectivity index (χ4v) is 2.04. The van der Waals surface area contributed by atoms with Crippen LogP contribution < -0.4 is 5.32 Å².